The molecule has 2 aromatic heterocycles. The predicted molar refractivity (Wildman–Crippen MR) is 119 cm³/mol. The van der Waals surface area contributed by atoms with Crippen molar-refractivity contribution >= 4 is 44.9 Å². The first-order valence-electron chi connectivity index (χ1n) is 9.28. The Morgan fingerprint density at radius 2 is 2.20 bits per heavy atom. The average molecular weight is 490 g/mol. The molecule has 1 saturated heterocycles. The van der Waals surface area contributed by atoms with Gasteiger partial charge in [0.1, 0.15) is 17.3 Å². The van der Waals surface area contributed by atoms with Crippen LogP contribution >= 0.6 is 27.3 Å². The molecule has 0 radical (unpaired) electrons. The second kappa shape index (κ2) is 8.58. The zero-order valence-corrected chi connectivity index (χ0v) is 18.7. The summed E-state index contributed by atoms with van der Waals surface area (Å²) < 4.78 is 7.46. The van der Waals surface area contributed by atoms with E-state index in [1.165, 1.54) is 0 Å². The molecule has 30 heavy (non-hydrogen) atoms. The predicted octanol–water partition coefficient (Wildman–Crippen LogP) is 3.59. The summed E-state index contributed by atoms with van der Waals surface area (Å²) in [6.45, 7) is 1.93. The second-order valence-corrected chi connectivity index (χ2v) is 8.68. The molecular weight excluding hydrogens is 470 g/mol. The van der Waals surface area contributed by atoms with Gasteiger partial charge in [-0.1, -0.05) is 6.07 Å². The third kappa shape index (κ3) is 4.25. The van der Waals surface area contributed by atoms with Crippen LogP contribution in [0.5, 0.6) is 5.75 Å². The minimum Gasteiger partial charge on any atom is -0.497 e. The van der Waals surface area contributed by atoms with Crippen molar-refractivity contribution in [3.8, 4) is 16.3 Å². The Balaban J connectivity index is 1.69. The lowest BCUT2D eigenvalue weighted by Crippen LogP contribution is -2.52. The van der Waals surface area contributed by atoms with E-state index < -0.39 is 6.29 Å². The van der Waals surface area contributed by atoms with Crippen LogP contribution in [0.2, 0.25) is 0 Å². The molecule has 4 rings (SSSR count). The maximum atomic E-state index is 13.0. The molecule has 10 heteroatoms. The van der Waals surface area contributed by atoms with Crippen LogP contribution in [0.1, 0.15) is 30.0 Å². The number of rotatable bonds is 5. The van der Waals surface area contributed by atoms with E-state index in [1.54, 1.807) is 47.4 Å². The molecule has 0 aliphatic carbocycles. The number of carbonyl (C=O) groups excluding carboxylic acids is 2. The number of thiophene rings is 1. The van der Waals surface area contributed by atoms with E-state index in [0.29, 0.717) is 33.7 Å². The zero-order chi connectivity index (χ0) is 21.3. The van der Waals surface area contributed by atoms with E-state index in [-0.39, 0.29) is 17.9 Å². The zero-order valence-electron chi connectivity index (χ0n) is 16.3. The topological polar surface area (TPSA) is 97.3 Å². The molecule has 1 aliphatic heterocycles. The van der Waals surface area contributed by atoms with Crippen LogP contribution in [0, 0.1) is 0 Å². The Morgan fingerprint density at radius 3 is 2.90 bits per heavy atom. The molecule has 1 fully saturated rings. The summed E-state index contributed by atoms with van der Waals surface area (Å²) in [7, 11) is 1.55. The Bertz CT molecular complexity index is 1080. The number of carbonyl (C=O) groups is 2. The molecule has 2 unspecified atom stereocenters. The Labute approximate surface area is 185 Å². The van der Waals surface area contributed by atoms with Gasteiger partial charge in [0.15, 0.2) is 6.29 Å². The van der Waals surface area contributed by atoms with Crippen molar-refractivity contribution in [2.45, 2.75) is 25.7 Å². The fraction of sp³-hybridized carbons (Fsp3) is 0.250. The van der Waals surface area contributed by atoms with Gasteiger partial charge in [0.2, 0.25) is 5.91 Å². The minimum absolute atomic E-state index is 0.0192. The molecule has 0 saturated carbocycles. The largest absolute Gasteiger partial charge is 0.497 e. The van der Waals surface area contributed by atoms with Crippen LogP contribution in [-0.2, 0) is 4.79 Å². The van der Waals surface area contributed by atoms with Gasteiger partial charge in [-0.05, 0) is 52.5 Å². The van der Waals surface area contributed by atoms with E-state index in [0.717, 1.165) is 4.88 Å². The number of benzene rings is 1. The fourth-order valence-electron chi connectivity index (χ4n) is 3.21. The number of halogens is 1. The van der Waals surface area contributed by atoms with Crippen LogP contribution in [0.25, 0.3) is 10.6 Å². The van der Waals surface area contributed by atoms with Crippen LogP contribution in [0.15, 0.2) is 46.3 Å². The van der Waals surface area contributed by atoms with Gasteiger partial charge < -0.3 is 15.4 Å². The highest BCUT2D eigenvalue weighted by Crippen LogP contribution is 2.29. The summed E-state index contributed by atoms with van der Waals surface area (Å²) in [6, 6.07) is 10.8. The van der Waals surface area contributed by atoms with Crippen LogP contribution < -0.4 is 20.7 Å². The Kier molecular flexibility index (Phi) is 5.89. The van der Waals surface area contributed by atoms with E-state index in [1.807, 2.05) is 24.4 Å². The SMILES string of the molecule is COc1ccc(Br)c(C(=O)Nc2cc(-c3cccs3)nn2C2NC(=O)CC(C)N2)c1. The molecule has 2 amide bonds. The fourth-order valence-corrected chi connectivity index (χ4v) is 4.32. The van der Waals surface area contributed by atoms with Crippen molar-refractivity contribution in [3.63, 3.8) is 0 Å². The van der Waals surface area contributed by atoms with Gasteiger partial charge in [-0.3, -0.25) is 14.9 Å². The lowest BCUT2D eigenvalue weighted by atomic mass is 10.2. The highest BCUT2D eigenvalue weighted by Gasteiger charge is 2.28. The van der Waals surface area contributed by atoms with Crippen LogP contribution in [0.3, 0.4) is 0 Å². The number of amides is 2. The molecule has 3 heterocycles. The molecule has 0 spiro atoms. The third-order valence-electron chi connectivity index (χ3n) is 4.65. The smallest absolute Gasteiger partial charge is 0.258 e. The van der Waals surface area contributed by atoms with Crippen molar-refractivity contribution in [1.29, 1.82) is 0 Å². The summed E-state index contributed by atoms with van der Waals surface area (Å²) >= 11 is 4.96. The van der Waals surface area contributed by atoms with Crippen LogP contribution in [0.4, 0.5) is 5.82 Å². The first-order chi connectivity index (χ1) is 14.4. The number of hydrogen-bond acceptors (Lipinski definition) is 6. The van der Waals surface area contributed by atoms with Gasteiger partial charge in [-0.2, -0.15) is 5.10 Å². The van der Waals surface area contributed by atoms with E-state index in [9.17, 15) is 9.59 Å². The van der Waals surface area contributed by atoms with Gasteiger partial charge in [0.25, 0.3) is 5.91 Å². The van der Waals surface area contributed by atoms with Crippen LogP contribution in [-0.4, -0.2) is 34.7 Å². The highest BCUT2D eigenvalue weighted by atomic mass is 79.9. The van der Waals surface area contributed by atoms with E-state index in [4.69, 9.17) is 4.74 Å². The van der Waals surface area contributed by atoms with E-state index in [2.05, 4.69) is 37.0 Å². The Morgan fingerprint density at radius 1 is 1.37 bits per heavy atom. The lowest BCUT2D eigenvalue weighted by molar-refractivity contribution is -0.125. The third-order valence-corrected chi connectivity index (χ3v) is 6.23. The Hall–Kier alpha value is -2.69. The molecular formula is C20H20BrN5O3S. The summed E-state index contributed by atoms with van der Waals surface area (Å²) in [4.78, 5) is 26.0. The molecule has 2 atom stereocenters. The van der Waals surface area contributed by atoms with Gasteiger partial charge in [0.05, 0.1) is 17.6 Å². The minimum atomic E-state index is -0.570. The number of hydrogen-bond donors (Lipinski definition) is 3. The molecule has 3 N–H and O–H groups in total. The quantitative estimate of drug-likeness (QED) is 0.508. The van der Waals surface area contributed by atoms with Crippen molar-refractivity contribution in [2.24, 2.45) is 0 Å². The number of nitrogens with zero attached hydrogens (tertiary/aromatic N) is 2. The number of nitrogens with one attached hydrogen (secondary N) is 3. The van der Waals surface area contributed by atoms with Gasteiger partial charge in [0, 0.05) is 23.0 Å². The summed E-state index contributed by atoms with van der Waals surface area (Å²) in [5.41, 5.74) is 1.13. The second-order valence-electron chi connectivity index (χ2n) is 6.88. The first-order valence-corrected chi connectivity index (χ1v) is 11.0. The van der Waals surface area contributed by atoms with Crippen molar-refractivity contribution in [1.82, 2.24) is 20.4 Å². The van der Waals surface area contributed by atoms with Crippen molar-refractivity contribution in [3.05, 3.63) is 51.8 Å². The standard InChI is InChI=1S/C20H20BrN5O3S/c1-11-8-18(27)24-20(22-11)26-17(10-15(25-26)16-4-3-7-30-16)23-19(28)13-9-12(29-2)5-6-14(13)21/h3-7,9-11,20,22H,8H2,1-2H3,(H,23,28)(H,24,27). The summed E-state index contributed by atoms with van der Waals surface area (Å²) in [5, 5.41) is 15.7. The molecule has 0 bridgehead atoms. The highest BCUT2D eigenvalue weighted by molar-refractivity contribution is 9.10. The lowest BCUT2D eigenvalue weighted by Gasteiger charge is -2.30. The maximum absolute atomic E-state index is 13.0. The molecule has 156 valence electrons. The molecule has 1 aliphatic rings. The van der Waals surface area contributed by atoms with E-state index >= 15 is 0 Å². The normalized spacial score (nSPS) is 18.7. The van der Waals surface area contributed by atoms with Gasteiger partial charge >= 0.3 is 0 Å². The molecule has 3 aromatic rings. The van der Waals surface area contributed by atoms with Gasteiger partial charge in [-0.25, -0.2) is 4.68 Å². The monoisotopic (exact) mass is 489 g/mol. The van der Waals surface area contributed by atoms with Crippen molar-refractivity contribution < 1.29 is 14.3 Å². The van der Waals surface area contributed by atoms with Gasteiger partial charge in [-0.15, -0.1) is 11.3 Å². The molecule has 8 nitrogen and oxygen atoms in total. The summed E-state index contributed by atoms with van der Waals surface area (Å²) in [5.74, 6) is 0.637. The summed E-state index contributed by atoms with van der Waals surface area (Å²) in [6.07, 6.45) is -0.187. The number of ether oxygens (including phenoxy) is 1. The number of aromatic nitrogens is 2. The molecule has 1 aromatic carbocycles. The van der Waals surface area contributed by atoms with Crippen molar-refractivity contribution in [2.75, 3.05) is 12.4 Å². The average Bonchev–Trinajstić information content (AvgIpc) is 3.37. The maximum Gasteiger partial charge on any atom is 0.258 e. The number of methoxy groups -OCH3 is 1. The first kappa shape index (κ1) is 20.6. The number of anilines is 1.